The largest absolute Gasteiger partial charge is 0.506 e. The number of phenolic OH excluding ortho intramolecular Hbond substituents is 1. The van der Waals surface area contributed by atoms with Gasteiger partial charge >= 0.3 is 0 Å². The lowest BCUT2D eigenvalue weighted by atomic mass is 10.1. The molecule has 0 bridgehead atoms. The minimum Gasteiger partial charge on any atom is -0.506 e. The van der Waals surface area contributed by atoms with Gasteiger partial charge in [-0.25, -0.2) is 9.97 Å². The third-order valence-corrected chi connectivity index (χ3v) is 5.85. The van der Waals surface area contributed by atoms with E-state index in [1.807, 2.05) is 0 Å². The Bertz CT molecular complexity index is 1080. The molecule has 0 aliphatic heterocycles. The van der Waals surface area contributed by atoms with Crippen LogP contribution in [0.1, 0.15) is 23.5 Å². The molecule has 148 valence electrons. The number of aliphatic hydroxyl groups excluding tert-OH is 1. The molecule has 0 radical (unpaired) electrons. The average Bonchev–Trinajstić information content (AvgIpc) is 2.95. The van der Waals surface area contributed by atoms with Crippen molar-refractivity contribution in [2.45, 2.75) is 19.4 Å². The molecule has 0 atom stereocenters. The summed E-state index contributed by atoms with van der Waals surface area (Å²) in [4.78, 5) is 21.2. The minimum absolute atomic E-state index is 0.00611. The summed E-state index contributed by atoms with van der Waals surface area (Å²) in [6.45, 7) is 3.36. The van der Waals surface area contributed by atoms with Crippen molar-refractivity contribution in [3.8, 4) is 17.0 Å². The quantitative estimate of drug-likeness (QED) is 0.407. The first-order valence-electron chi connectivity index (χ1n) is 8.01. The van der Waals surface area contributed by atoms with Crippen LogP contribution in [-0.4, -0.2) is 38.2 Å². The van der Waals surface area contributed by atoms with E-state index in [1.165, 1.54) is 12.1 Å². The maximum atomic E-state index is 11.7. The van der Waals surface area contributed by atoms with Crippen molar-refractivity contribution in [1.82, 2.24) is 9.97 Å². The van der Waals surface area contributed by atoms with Crippen LogP contribution in [-0.2, 0) is 0 Å². The number of nitrogens with two attached hydrogens (primary N) is 2. The molecule has 3 rings (SSSR count). The lowest BCUT2D eigenvalue weighted by molar-refractivity contribution is 0.100. The number of halogens is 2. The van der Waals surface area contributed by atoms with E-state index >= 15 is 0 Å². The number of benzene rings is 1. The number of fused-ring (bicyclic) bond motifs is 1. The van der Waals surface area contributed by atoms with Crippen LogP contribution in [0.5, 0.6) is 5.75 Å². The molecule has 11 heteroatoms. The molecule has 2 aromatic heterocycles. The maximum absolute atomic E-state index is 11.7. The predicted molar refractivity (Wildman–Crippen MR) is 112 cm³/mol. The molecule has 0 spiro atoms. The molecular formula is C17H17Cl2N5O3S. The number of aromatic nitrogens is 2. The number of thiophene rings is 1. The second-order valence-corrected chi connectivity index (χ2v) is 8.53. The summed E-state index contributed by atoms with van der Waals surface area (Å²) in [7, 11) is 0. The molecule has 1 amide bonds. The van der Waals surface area contributed by atoms with E-state index in [1.54, 1.807) is 13.8 Å². The number of hydrogen-bond acceptors (Lipinski definition) is 8. The second kappa shape index (κ2) is 7.25. The molecular weight excluding hydrogens is 425 g/mol. The minimum atomic E-state index is -0.708. The highest BCUT2D eigenvalue weighted by Crippen LogP contribution is 2.42. The van der Waals surface area contributed by atoms with Crippen molar-refractivity contribution >= 4 is 62.3 Å². The van der Waals surface area contributed by atoms with E-state index in [0.29, 0.717) is 21.5 Å². The Morgan fingerprint density at radius 3 is 2.57 bits per heavy atom. The van der Waals surface area contributed by atoms with Crippen molar-refractivity contribution in [2.24, 2.45) is 5.73 Å². The van der Waals surface area contributed by atoms with Gasteiger partial charge in [0.1, 0.15) is 20.5 Å². The molecule has 0 saturated carbocycles. The second-order valence-electron chi connectivity index (χ2n) is 6.74. The van der Waals surface area contributed by atoms with Crippen molar-refractivity contribution < 1.29 is 15.0 Å². The predicted octanol–water partition coefficient (Wildman–Crippen LogP) is 3.23. The summed E-state index contributed by atoms with van der Waals surface area (Å²) >= 11 is 13.1. The van der Waals surface area contributed by atoms with Gasteiger partial charge in [-0.15, -0.1) is 11.3 Å². The maximum Gasteiger partial charge on any atom is 0.260 e. The summed E-state index contributed by atoms with van der Waals surface area (Å²) in [5, 5.41) is 23.1. The lowest BCUT2D eigenvalue weighted by Gasteiger charge is -2.23. The van der Waals surface area contributed by atoms with Crippen LogP contribution in [0, 0.1) is 0 Å². The number of carbonyl (C=O) groups excluding carboxylic acids is 1. The molecule has 0 fully saturated rings. The van der Waals surface area contributed by atoms with Crippen molar-refractivity contribution in [2.75, 3.05) is 17.7 Å². The van der Waals surface area contributed by atoms with Crippen LogP contribution in [0.4, 0.5) is 11.6 Å². The summed E-state index contributed by atoms with van der Waals surface area (Å²) in [5.74, 6) is -0.719. The number of nitrogens with one attached hydrogen (secondary N) is 1. The molecule has 1 aromatic carbocycles. The van der Waals surface area contributed by atoms with Gasteiger partial charge in [0, 0.05) is 5.56 Å². The van der Waals surface area contributed by atoms with Crippen LogP contribution in [0.25, 0.3) is 21.5 Å². The van der Waals surface area contributed by atoms with Gasteiger partial charge in [-0.3, -0.25) is 4.79 Å². The number of nitrogen functional groups attached to an aromatic ring is 1. The average molecular weight is 442 g/mol. The fourth-order valence-corrected chi connectivity index (χ4v) is 3.79. The first-order chi connectivity index (χ1) is 13.0. The number of rotatable bonds is 5. The number of hydrogen-bond donors (Lipinski definition) is 5. The number of aromatic hydroxyl groups is 1. The fraction of sp³-hybridized carbons (Fsp3) is 0.235. The van der Waals surface area contributed by atoms with Gasteiger partial charge in [-0.1, -0.05) is 23.2 Å². The summed E-state index contributed by atoms with van der Waals surface area (Å²) < 4.78 is 0. The topological polar surface area (TPSA) is 147 Å². The summed E-state index contributed by atoms with van der Waals surface area (Å²) in [5.41, 5.74) is 11.7. The highest BCUT2D eigenvalue weighted by molar-refractivity contribution is 7.21. The lowest BCUT2D eigenvalue weighted by Crippen LogP contribution is -2.35. The molecule has 3 aromatic rings. The molecule has 0 aliphatic carbocycles. The number of aliphatic hydroxyl groups is 1. The molecule has 0 aliphatic rings. The van der Waals surface area contributed by atoms with Crippen molar-refractivity contribution in [1.29, 1.82) is 0 Å². The third kappa shape index (κ3) is 3.66. The van der Waals surface area contributed by atoms with Crippen LogP contribution in [0.15, 0.2) is 12.1 Å². The van der Waals surface area contributed by atoms with E-state index in [0.717, 1.165) is 11.3 Å². The molecule has 28 heavy (non-hydrogen) atoms. The Balaban J connectivity index is 2.33. The van der Waals surface area contributed by atoms with Crippen molar-refractivity contribution in [3.05, 3.63) is 27.1 Å². The van der Waals surface area contributed by atoms with E-state index in [-0.39, 0.29) is 38.9 Å². The SMILES string of the molecule is CC(C)(CO)Nc1nc(-c2cc(O)c(Cl)c(Cl)c2)c2c(N)c(C(N)=O)sc2n1. The zero-order valence-corrected chi connectivity index (χ0v) is 17.2. The van der Waals surface area contributed by atoms with Crippen LogP contribution < -0.4 is 16.8 Å². The third-order valence-electron chi connectivity index (χ3n) is 3.94. The molecule has 2 heterocycles. The van der Waals surface area contributed by atoms with Crippen LogP contribution >= 0.6 is 34.5 Å². The Hall–Kier alpha value is -2.33. The van der Waals surface area contributed by atoms with Gasteiger partial charge in [0.2, 0.25) is 5.95 Å². The number of primary amides is 1. The summed E-state index contributed by atoms with van der Waals surface area (Å²) in [6.07, 6.45) is 0. The highest BCUT2D eigenvalue weighted by atomic mass is 35.5. The molecule has 0 saturated heterocycles. The van der Waals surface area contributed by atoms with Crippen LogP contribution in [0.2, 0.25) is 10.0 Å². The smallest absolute Gasteiger partial charge is 0.260 e. The van der Waals surface area contributed by atoms with Gasteiger partial charge < -0.3 is 27.0 Å². The van der Waals surface area contributed by atoms with Gasteiger partial charge in [0.25, 0.3) is 5.91 Å². The van der Waals surface area contributed by atoms with Crippen molar-refractivity contribution in [3.63, 3.8) is 0 Å². The Labute approximate surface area is 174 Å². The fourth-order valence-electron chi connectivity index (χ4n) is 2.52. The number of phenols is 1. The van der Waals surface area contributed by atoms with Gasteiger partial charge in [0.05, 0.1) is 33.9 Å². The normalized spacial score (nSPS) is 11.8. The Kier molecular flexibility index (Phi) is 5.28. The standard InChI is InChI=1S/C17H17Cl2N5O3S/c1-17(2,5-25)24-16-22-12(6-3-7(18)10(19)8(26)4-6)9-11(20)13(14(21)27)28-15(9)23-16/h3-4,25-26H,5,20H2,1-2H3,(H2,21,27)(H,22,23,24). The number of amides is 1. The highest BCUT2D eigenvalue weighted by Gasteiger charge is 2.24. The molecule has 8 nitrogen and oxygen atoms in total. The Morgan fingerprint density at radius 1 is 1.32 bits per heavy atom. The molecule has 7 N–H and O–H groups in total. The zero-order chi connectivity index (χ0) is 20.8. The first kappa shape index (κ1) is 20.4. The summed E-state index contributed by atoms with van der Waals surface area (Å²) in [6, 6.07) is 2.91. The first-order valence-corrected chi connectivity index (χ1v) is 9.58. The Morgan fingerprint density at radius 2 is 2.00 bits per heavy atom. The monoisotopic (exact) mass is 441 g/mol. The van der Waals surface area contributed by atoms with Crippen LogP contribution in [0.3, 0.4) is 0 Å². The van der Waals surface area contributed by atoms with Gasteiger partial charge in [0.15, 0.2) is 0 Å². The van der Waals surface area contributed by atoms with E-state index < -0.39 is 11.4 Å². The van der Waals surface area contributed by atoms with Gasteiger partial charge in [-0.05, 0) is 26.0 Å². The van der Waals surface area contributed by atoms with E-state index in [9.17, 15) is 15.0 Å². The number of anilines is 2. The van der Waals surface area contributed by atoms with E-state index in [4.69, 9.17) is 34.7 Å². The van der Waals surface area contributed by atoms with Gasteiger partial charge in [-0.2, -0.15) is 0 Å². The number of carbonyl (C=O) groups is 1. The molecule has 0 unspecified atom stereocenters. The number of nitrogens with zero attached hydrogens (tertiary/aromatic N) is 2. The zero-order valence-electron chi connectivity index (χ0n) is 14.9. The van der Waals surface area contributed by atoms with E-state index in [2.05, 4.69) is 15.3 Å².